The SMILES string of the molecule is Cc1ccc(F)c(NC(=O)c2cc(S(=O)(=O)N3CCCCC3)ccc2N2CCCC2)c1. The molecule has 2 saturated heterocycles. The van der Waals surface area contributed by atoms with Crippen LogP contribution in [-0.2, 0) is 10.0 Å². The molecule has 6 nitrogen and oxygen atoms in total. The summed E-state index contributed by atoms with van der Waals surface area (Å²) in [7, 11) is -3.69. The van der Waals surface area contributed by atoms with E-state index in [1.165, 1.54) is 16.4 Å². The fourth-order valence-corrected chi connectivity index (χ4v) is 5.81. The molecular weight excluding hydrogens is 417 g/mol. The highest BCUT2D eigenvalue weighted by molar-refractivity contribution is 7.89. The van der Waals surface area contributed by atoms with Gasteiger partial charge in [-0.15, -0.1) is 0 Å². The summed E-state index contributed by atoms with van der Waals surface area (Å²) in [5.41, 5.74) is 1.83. The third-order valence-corrected chi connectivity index (χ3v) is 7.88. The van der Waals surface area contributed by atoms with Crippen molar-refractivity contribution in [3.05, 3.63) is 53.3 Å². The number of aryl methyl sites for hydroxylation is 1. The lowest BCUT2D eigenvalue weighted by molar-refractivity contribution is 0.102. The van der Waals surface area contributed by atoms with Gasteiger partial charge in [0.1, 0.15) is 5.82 Å². The Bertz CT molecular complexity index is 1080. The van der Waals surface area contributed by atoms with Crippen molar-refractivity contribution < 1.29 is 17.6 Å². The molecule has 0 atom stereocenters. The van der Waals surface area contributed by atoms with Gasteiger partial charge in [0, 0.05) is 31.9 Å². The molecule has 0 aliphatic carbocycles. The Morgan fingerprint density at radius 3 is 2.32 bits per heavy atom. The summed E-state index contributed by atoms with van der Waals surface area (Å²) in [6.07, 6.45) is 4.73. The normalized spacial score (nSPS) is 17.7. The van der Waals surface area contributed by atoms with E-state index < -0.39 is 21.7 Å². The topological polar surface area (TPSA) is 69.7 Å². The predicted octanol–water partition coefficient (Wildman–Crippen LogP) is 4.16. The molecule has 2 aromatic rings. The van der Waals surface area contributed by atoms with Crippen molar-refractivity contribution in [2.24, 2.45) is 0 Å². The highest BCUT2D eigenvalue weighted by atomic mass is 32.2. The van der Waals surface area contributed by atoms with Crippen LogP contribution in [0.3, 0.4) is 0 Å². The van der Waals surface area contributed by atoms with Gasteiger partial charge in [0.05, 0.1) is 16.1 Å². The maximum absolute atomic E-state index is 14.2. The van der Waals surface area contributed by atoms with Gasteiger partial charge < -0.3 is 10.2 Å². The number of hydrogen-bond acceptors (Lipinski definition) is 4. The number of hydrogen-bond donors (Lipinski definition) is 1. The average molecular weight is 446 g/mol. The van der Waals surface area contributed by atoms with Gasteiger partial charge in [-0.3, -0.25) is 4.79 Å². The number of anilines is 2. The fraction of sp³-hybridized carbons (Fsp3) is 0.435. The highest BCUT2D eigenvalue weighted by Gasteiger charge is 2.29. The molecule has 0 bridgehead atoms. The number of piperidine rings is 1. The Morgan fingerprint density at radius 2 is 1.61 bits per heavy atom. The number of rotatable bonds is 5. The van der Waals surface area contributed by atoms with Crippen LogP contribution in [0.4, 0.5) is 15.8 Å². The minimum absolute atomic E-state index is 0.0849. The van der Waals surface area contributed by atoms with Crippen LogP contribution in [0, 0.1) is 12.7 Å². The second-order valence-electron chi connectivity index (χ2n) is 8.28. The summed E-state index contributed by atoms with van der Waals surface area (Å²) in [5.74, 6) is -1.04. The molecule has 31 heavy (non-hydrogen) atoms. The second kappa shape index (κ2) is 8.96. The van der Waals surface area contributed by atoms with Crippen molar-refractivity contribution in [3.8, 4) is 0 Å². The van der Waals surface area contributed by atoms with Crippen molar-refractivity contribution in [1.29, 1.82) is 0 Å². The van der Waals surface area contributed by atoms with Crippen molar-refractivity contribution in [2.45, 2.75) is 43.9 Å². The van der Waals surface area contributed by atoms with E-state index in [4.69, 9.17) is 0 Å². The summed E-state index contributed by atoms with van der Waals surface area (Å²) >= 11 is 0. The van der Waals surface area contributed by atoms with E-state index in [1.807, 2.05) is 6.92 Å². The molecule has 0 saturated carbocycles. The van der Waals surface area contributed by atoms with E-state index >= 15 is 0 Å². The number of carbonyl (C=O) groups is 1. The lowest BCUT2D eigenvalue weighted by atomic mass is 10.1. The number of nitrogens with one attached hydrogen (secondary N) is 1. The molecule has 2 heterocycles. The molecule has 8 heteroatoms. The van der Waals surface area contributed by atoms with Crippen LogP contribution in [0.5, 0.6) is 0 Å². The quantitative estimate of drug-likeness (QED) is 0.750. The van der Waals surface area contributed by atoms with Crippen LogP contribution in [0.2, 0.25) is 0 Å². The lowest BCUT2D eigenvalue weighted by Crippen LogP contribution is -2.35. The van der Waals surface area contributed by atoms with E-state index in [2.05, 4.69) is 10.2 Å². The van der Waals surface area contributed by atoms with Crippen LogP contribution in [0.1, 0.15) is 48.0 Å². The van der Waals surface area contributed by atoms with Gasteiger partial charge >= 0.3 is 0 Å². The van der Waals surface area contributed by atoms with Gasteiger partial charge in [-0.1, -0.05) is 12.5 Å². The van der Waals surface area contributed by atoms with Gasteiger partial charge in [-0.05, 0) is 68.5 Å². The number of benzene rings is 2. The molecule has 0 radical (unpaired) electrons. The summed E-state index contributed by atoms with van der Waals surface area (Å²) < 4.78 is 42.1. The van der Waals surface area contributed by atoms with Crippen molar-refractivity contribution in [1.82, 2.24) is 4.31 Å². The van der Waals surface area contributed by atoms with Crippen molar-refractivity contribution >= 4 is 27.3 Å². The molecular formula is C23H28FN3O3S. The monoisotopic (exact) mass is 445 g/mol. The Kier molecular flexibility index (Phi) is 6.29. The molecule has 2 aliphatic rings. The van der Waals surface area contributed by atoms with Gasteiger partial charge in [-0.25, -0.2) is 12.8 Å². The van der Waals surface area contributed by atoms with Crippen molar-refractivity contribution in [2.75, 3.05) is 36.4 Å². The largest absolute Gasteiger partial charge is 0.371 e. The molecule has 166 valence electrons. The third-order valence-electron chi connectivity index (χ3n) is 5.98. The summed E-state index contributed by atoms with van der Waals surface area (Å²) in [6, 6.07) is 9.25. The fourth-order valence-electron chi connectivity index (χ4n) is 4.27. The molecule has 4 rings (SSSR count). The van der Waals surface area contributed by atoms with E-state index in [0.29, 0.717) is 18.8 Å². The minimum Gasteiger partial charge on any atom is -0.371 e. The standard InChI is InChI=1S/C23H28FN3O3S/c1-17-7-9-20(24)21(15-17)25-23(28)19-16-18(8-10-22(19)26-11-5-6-12-26)31(29,30)27-13-3-2-4-14-27/h7-10,15-16H,2-6,11-14H2,1H3,(H,25,28). The smallest absolute Gasteiger partial charge is 0.257 e. The van der Waals surface area contributed by atoms with E-state index in [0.717, 1.165) is 50.8 Å². The average Bonchev–Trinajstić information content (AvgIpc) is 3.31. The Balaban J connectivity index is 1.71. The first-order chi connectivity index (χ1) is 14.9. The van der Waals surface area contributed by atoms with Gasteiger partial charge in [-0.2, -0.15) is 4.31 Å². The summed E-state index contributed by atoms with van der Waals surface area (Å²) in [4.78, 5) is 15.4. The Morgan fingerprint density at radius 1 is 0.935 bits per heavy atom. The number of halogens is 1. The predicted molar refractivity (Wildman–Crippen MR) is 120 cm³/mol. The van der Waals surface area contributed by atoms with Crippen LogP contribution < -0.4 is 10.2 Å². The first-order valence-corrected chi connectivity index (χ1v) is 12.3. The number of sulfonamides is 1. The zero-order valence-electron chi connectivity index (χ0n) is 17.7. The van der Waals surface area contributed by atoms with Crippen LogP contribution >= 0.6 is 0 Å². The first-order valence-electron chi connectivity index (χ1n) is 10.8. The highest BCUT2D eigenvalue weighted by Crippen LogP contribution is 2.30. The lowest BCUT2D eigenvalue weighted by Gasteiger charge is -2.27. The number of carbonyl (C=O) groups excluding carboxylic acids is 1. The van der Waals surface area contributed by atoms with E-state index in [1.54, 1.807) is 24.3 Å². The zero-order valence-corrected chi connectivity index (χ0v) is 18.5. The Hall–Kier alpha value is -2.45. The molecule has 0 aromatic heterocycles. The van der Waals surface area contributed by atoms with Gasteiger partial charge in [0.25, 0.3) is 5.91 Å². The summed E-state index contributed by atoms with van der Waals surface area (Å²) in [5, 5.41) is 2.64. The summed E-state index contributed by atoms with van der Waals surface area (Å²) in [6.45, 7) is 4.41. The second-order valence-corrected chi connectivity index (χ2v) is 10.2. The molecule has 2 fully saturated rings. The zero-order chi connectivity index (χ0) is 22.0. The number of amides is 1. The Labute approximate surface area is 183 Å². The van der Waals surface area contributed by atoms with Crippen LogP contribution in [-0.4, -0.2) is 44.8 Å². The molecule has 1 amide bonds. The molecule has 0 spiro atoms. The third kappa shape index (κ3) is 4.60. The number of nitrogens with zero attached hydrogens (tertiary/aromatic N) is 2. The van der Waals surface area contributed by atoms with E-state index in [-0.39, 0.29) is 16.1 Å². The van der Waals surface area contributed by atoms with Gasteiger partial charge in [0.15, 0.2) is 0 Å². The van der Waals surface area contributed by atoms with Crippen molar-refractivity contribution in [3.63, 3.8) is 0 Å². The van der Waals surface area contributed by atoms with E-state index in [9.17, 15) is 17.6 Å². The minimum atomic E-state index is -3.69. The van der Waals surface area contributed by atoms with Crippen LogP contribution in [0.15, 0.2) is 41.3 Å². The maximum Gasteiger partial charge on any atom is 0.257 e. The van der Waals surface area contributed by atoms with Crippen LogP contribution in [0.25, 0.3) is 0 Å². The maximum atomic E-state index is 14.2. The molecule has 2 aromatic carbocycles. The van der Waals surface area contributed by atoms with Gasteiger partial charge in [0.2, 0.25) is 10.0 Å². The molecule has 0 unspecified atom stereocenters. The first kappa shape index (κ1) is 21.8. The molecule has 1 N–H and O–H groups in total. The molecule has 2 aliphatic heterocycles.